The van der Waals surface area contributed by atoms with Crippen LogP contribution in [0.3, 0.4) is 0 Å². The average molecular weight is 209 g/mol. The van der Waals surface area contributed by atoms with Crippen LogP contribution in [0.15, 0.2) is 64.8 Å². The molecule has 0 saturated carbocycles. The second kappa shape index (κ2) is 4.80. The molecule has 0 aliphatic heterocycles. The Balaban J connectivity index is 2.15. The second-order valence-electron chi connectivity index (χ2n) is 3.15. The van der Waals surface area contributed by atoms with E-state index in [0.717, 1.165) is 11.4 Å². The van der Waals surface area contributed by atoms with Crippen molar-refractivity contribution in [2.75, 3.05) is 0 Å². The molecule has 0 saturated heterocycles. The maximum atomic E-state index is 8.51. The summed E-state index contributed by atoms with van der Waals surface area (Å²) in [4.78, 5) is 3.06. The van der Waals surface area contributed by atoms with Crippen LogP contribution in [0.1, 0.15) is 0 Å². The standard InChI is InChI=1S/C12H9N4/c13-14-10-6-8-12(9-7-10)16-15-11-4-2-1-3-5-11/h1-9H/q+1/b16-15+. The molecule has 0 N–H and O–H groups in total. The lowest BCUT2D eigenvalue weighted by atomic mass is 10.3. The van der Waals surface area contributed by atoms with Crippen LogP contribution >= 0.6 is 0 Å². The molecule has 4 nitrogen and oxygen atoms in total. The molecule has 0 aliphatic carbocycles. The SMILES string of the molecule is N#[N+]c1ccc(/N=N/c2ccccc2)cc1. The zero-order chi connectivity index (χ0) is 11.2. The summed E-state index contributed by atoms with van der Waals surface area (Å²) in [7, 11) is 0. The Kier molecular flexibility index (Phi) is 3.00. The molecule has 0 radical (unpaired) electrons. The van der Waals surface area contributed by atoms with Crippen molar-refractivity contribution in [1.29, 1.82) is 5.39 Å². The van der Waals surface area contributed by atoms with Gasteiger partial charge >= 0.3 is 5.69 Å². The molecule has 0 aliphatic rings. The summed E-state index contributed by atoms with van der Waals surface area (Å²) in [6, 6.07) is 16.3. The Morgan fingerprint density at radius 1 is 0.750 bits per heavy atom. The highest BCUT2D eigenvalue weighted by Gasteiger charge is 2.01. The average Bonchev–Trinajstić information content (AvgIpc) is 2.38. The minimum atomic E-state index is 0.499. The van der Waals surface area contributed by atoms with Crippen molar-refractivity contribution in [1.82, 2.24) is 0 Å². The molecular formula is C12H9N4+. The lowest BCUT2D eigenvalue weighted by molar-refractivity contribution is 1.23. The Morgan fingerprint density at radius 2 is 1.31 bits per heavy atom. The van der Waals surface area contributed by atoms with E-state index in [1.54, 1.807) is 24.3 Å². The van der Waals surface area contributed by atoms with Gasteiger partial charge in [0.1, 0.15) is 0 Å². The third-order valence-corrected chi connectivity index (χ3v) is 2.00. The zero-order valence-corrected chi connectivity index (χ0v) is 8.49. The molecule has 0 amide bonds. The summed E-state index contributed by atoms with van der Waals surface area (Å²) in [5, 5.41) is 16.6. The quantitative estimate of drug-likeness (QED) is 0.527. The summed E-state index contributed by atoms with van der Waals surface area (Å²) in [6.45, 7) is 0. The third kappa shape index (κ3) is 2.49. The van der Waals surface area contributed by atoms with Crippen LogP contribution < -0.4 is 0 Å². The maximum Gasteiger partial charge on any atom is 0.385 e. The Labute approximate surface area is 92.9 Å². The minimum Gasteiger partial charge on any atom is -0.151 e. The molecule has 0 aromatic heterocycles. The van der Waals surface area contributed by atoms with E-state index in [1.807, 2.05) is 30.3 Å². The van der Waals surface area contributed by atoms with Crippen LogP contribution in [0.4, 0.5) is 17.1 Å². The number of azo groups is 1. The van der Waals surface area contributed by atoms with Crippen molar-refractivity contribution < 1.29 is 0 Å². The summed E-state index contributed by atoms with van der Waals surface area (Å²) < 4.78 is 0. The zero-order valence-electron chi connectivity index (χ0n) is 8.49. The van der Waals surface area contributed by atoms with E-state index in [9.17, 15) is 0 Å². The van der Waals surface area contributed by atoms with Crippen molar-refractivity contribution in [2.24, 2.45) is 10.2 Å². The van der Waals surface area contributed by atoms with Crippen molar-refractivity contribution in [3.63, 3.8) is 0 Å². The van der Waals surface area contributed by atoms with Gasteiger partial charge in [0.2, 0.25) is 5.39 Å². The van der Waals surface area contributed by atoms with Gasteiger partial charge in [-0.05, 0) is 24.3 Å². The normalized spacial score (nSPS) is 10.2. The number of hydrogen-bond acceptors (Lipinski definition) is 3. The molecule has 0 unspecified atom stereocenters. The highest BCUT2D eigenvalue weighted by Crippen LogP contribution is 2.20. The smallest absolute Gasteiger partial charge is 0.151 e. The number of nitrogens with zero attached hydrogens (tertiary/aromatic N) is 4. The fraction of sp³-hybridized carbons (Fsp3) is 0. The summed E-state index contributed by atoms with van der Waals surface area (Å²) in [5.74, 6) is 0. The Hall–Kier alpha value is -2.54. The van der Waals surface area contributed by atoms with E-state index in [2.05, 4.69) is 15.2 Å². The fourth-order valence-electron chi connectivity index (χ4n) is 1.20. The van der Waals surface area contributed by atoms with Gasteiger partial charge in [-0.1, -0.05) is 18.2 Å². The molecule has 2 aromatic rings. The molecule has 16 heavy (non-hydrogen) atoms. The van der Waals surface area contributed by atoms with Crippen molar-refractivity contribution in [3.8, 4) is 0 Å². The molecule has 0 spiro atoms. The van der Waals surface area contributed by atoms with E-state index >= 15 is 0 Å². The van der Waals surface area contributed by atoms with Gasteiger partial charge in [0.05, 0.1) is 11.4 Å². The first kappa shape index (κ1) is 9.99. The molecule has 0 bridgehead atoms. The van der Waals surface area contributed by atoms with Crippen LogP contribution in [0, 0.1) is 5.39 Å². The molecule has 2 rings (SSSR count). The number of benzene rings is 2. The fourth-order valence-corrected chi connectivity index (χ4v) is 1.20. The number of diazo groups is 1. The highest BCUT2D eigenvalue weighted by atomic mass is 15.1. The molecule has 0 atom stereocenters. The van der Waals surface area contributed by atoms with Crippen molar-refractivity contribution in [3.05, 3.63) is 59.6 Å². The first-order valence-corrected chi connectivity index (χ1v) is 4.80. The van der Waals surface area contributed by atoms with E-state index in [1.165, 1.54) is 0 Å². The van der Waals surface area contributed by atoms with Gasteiger partial charge in [0, 0.05) is 12.1 Å². The molecule has 2 aromatic carbocycles. The van der Waals surface area contributed by atoms with Crippen LogP contribution in [-0.2, 0) is 0 Å². The predicted octanol–water partition coefficient (Wildman–Crippen LogP) is 4.59. The van der Waals surface area contributed by atoms with Gasteiger partial charge in [0.25, 0.3) is 0 Å². The monoisotopic (exact) mass is 209 g/mol. The van der Waals surface area contributed by atoms with Crippen molar-refractivity contribution in [2.45, 2.75) is 0 Å². The largest absolute Gasteiger partial charge is 0.385 e. The first-order chi connectivity index (χ1) is 7.88. The summed E-state index contributed by atoms with van der Waals surface area (Å²) >= 11 is 0. The van der Waals surface area contributed by atoms with Crippen LogP contribution in [0.2, 0.25) is 0 Å². The lowest BCUT2D eigenvalue weighted by Crippen LogP contribution is -1.64. The predicted molar refractivity (Wildman–Crippen MR) is 61.8 cm³/mol. The summed E-state index contributed by atoms with van der Waals surface area (Å²) in [6.07, 6.45) is 0. The Bertz CT molecular complexity index is 523. The third-order valence-electron chi connectivity index (χ3n) is 2.00. The molecule has 0 heterocycles. The van der Waals surface area contributed by atoms with Gasteiger partial charge < -0.3 is 0 Å². The van der Waals surface area contributed by atoms with E-state index < -0.39 is 0 Å². The van der Waals surface area contributed by atoms with Gasteiger partial charge in [-0.3, -0.25) is 0 Å². The van der Waals surface area contributed by atoms with Crippen molar-refractivity contribution >= 4 is 17.1 Å². The molecule has 0 fully saturated rings. The topological polar surface area (TPSA) is 52.9 Å². The molecule has 4 heteroatoms. The second-order valence-corrected chi connectivity index (χ2v) is 3.15. The van der Waals surface area contributed by atoms with E-state index in [4.69, 9.17) is 5.39 Å². The van der Waals surface area contributed by atoms with Gasteiger partial charge in [-0.2, -0.15) is 10.2 Å². The maximum absolute atomic E-state index is 8.51. The number of hydrogen-bond donors (Lipinski definition) is 0. The molecular weight excluding hydrogens is 200 g/mol. The summed E-state index contributed by atoms with van der Waals surface area (Å²) in [5.41, 5.74) is 2.02. The van der Waals surface area contributed by atoms with Gasteiger partial charge in [-0.15, -0.1) is 0 Å². The number of rotatable bonds is 2. The van der Waals surface area contributed by atoms with E-state index in [0.29, 0.717) is 5.69 Å². The molecule has 76 valence electrons. The lowest BCUT2D eigenvalue weighted by Gasteiger charge is -1.90. The van der Waals surface area contributed by atoms with Crippen LogP contribution in [-0.4, -0.2) is 0 Å². The van der Waals surface area contributed by atoms with Crippen LogP contribution in [0.25, 0.3) is 4.98 Å². The highest BCUT2D eigenvalue weighted by molar-refractivity contribution is 5.51. The van der Waals surface area contributed by atoms with Gasteiger partial charge in [0.15, 0.2) is 4.98 Å². The first-order valence-electron chi connectivity index (χ1n) is 4.80. The van der Waals surface area contributed by atoms with Gasteiger partial charge in [-0.25, -0.2) is 0 Å². The Morgan fingerprint density at radius 3 is 1.88 bits per heavy atom. The van der Waals surface area contributed by atoms with E-state index in [-0.39, 0.29) is 0 Å². The minimum absolute atomic E-state index is 0.499. The van der Waals surface area contributed by atoms with Crippen LogP contribution in [0.5, 0.6) is 0 Å².